The number of fused-ring (bicyclic) bond motifs is 11. The molecular weight excluding hydrogens is 591 g/mol. The van der Waals surface area contributed by atoms with Crippen molar-refractivity contribution in [3.05, 3.63) is 156 Å². The number of allylic oxidation sites excluding steroid dienone is 4. The lowest BCUT2D eigenvalue weighted by Crippen LogP contribution is -2.42. The Morgan fingerprint density at radius 2 is 1.47 bits per heavy atom. The van der Waals surface area contributed by atoms with E-state index in [9.17, 15) is 0 Å². The van der Waals surface area contributed by atoms with Crippen molar-refractivity contribution in [1.82, 2.24) is 4.68 Å². The van der Waals surface area contributed by atoms with Gasteiger partial charge in [0.2, 0.25) is 0 Å². The zero-order valence-corrected chi connectivity index (χ0v) is 27.5. The maximum atomic E-state index is 5.39. The maximum absolute atomic E-state index is 5.39. The first-order valence-electron chi connectivity index (χ1n) is 16.7. The number of hydrogen-bond donors (Lipinski definition) is 0. The van der Waals surface area contributed by atoms with Crippen molar-refractivity contribution in [2.24, 2.45) is 16.8 Å². The number of nitrogens with zero attached hydrogens (tertiary/aromatic N) is 3. The molecule has 2 aliphatic carbocycles. The summed E-state index contributed by atoms with van der Waals surface area (Å²) in [6.07, 6.45) is 9.44. The molecule has 2 bridgehead atoms. The van der Waals surface area contributed by atoms with Crippen LogP contribution in [0.2, 0.25) is 0 Å². The molecule has 3 unspecified atom stereocenters. The van der Waals surface area contributed by atoms with Crippen LogP contribution in [0.3, 0.4) is 0 Å². The van der Waals surface area contributed by atoms with Crippen LogP contribution in [0.5, 0.6) is 0 Å². The van der Waals surface area contributed by atoms with Crippen LogP contribution in [-0.2, 0) is 5.41 Å². The van der Waals surface area contributed by atoms with Crippen LogP contribution in [0, 0.1) is 11.8 Å². The van der Waals surface area contributed by atoms with Crippen molar-refractivity contribution in [2.45, 2.75) is 32.1 Å². The van der Waals surface area contributed by atoms with Gasteiger partial charge in [0.05, 0.1) is 22.2 Å². The molecule has 7 aromatic rings. The number of amidine groups is 2. The van der Waals surface area contributed by atoms with Gasteiger partial charge in [-0.3, -0.25) is 0 Å². The van der Waals surface area contributed by atoms with Gasteiger partial charge in [0.25, 0.3) is 11.7 Å². The number of aromatic nitrogens is 1. The van der Waals surface area contributed by atoms with Gasteiger partial charge in [-0.2, -0.15) is 4.68 Å². The van der Waals surface area contributed by atoms with E-state index in [2.05, 4.69) is 164 Å². The first-order valence-corrected chi connectivity index (χ1v) is 17.5. The molecule has 47 heavy (non-hydrogen) atoms. The fourth-order valence-electron chi connectivity index (χ4n) is 8.86. The van der Waals surface area contributed by atoms with Crippen LogP contribution in [0.1, 0.15) is 48.9 Å². The van der Waals surface area contributed by atoms with Crippen LogP contribution >= 0.6 is 11.3 Å². The summed E-state index contributed by atoms with van der Waals surface area (Å²) in [4.78, 5) is 5.39. The first-order chi connectivity index (χ1) is 23.0. The highest BCUT2D eigenvalue weighted by Gasteiger charge is 2.46. The molecule has 4 heteroatoms. The van der Waals surface area contributed by atoms with Crippen molar-refractivity contribution in [2.75, 3.05) is 0 Å². The van der Waals surface area contributed by atoms with E-state index in [0.717, 1.165) is 17.2 Å². The summed E-state index contributed by atoms with van der Waals surface area (Å²) >= 11 is 1.86. The van der Waals surface area contributed by atoms with Gasteiger partial charge >= 0.3 is 0 Å². The second-order valence-corrected chi connectivity index (χ2v) is 14.9. The number of hydrogen-bond acceptors (Lipinski definition) is 2. The zero-order valence-electron chi connectivity index (χ0n) is 26.7. The average Bonchev–Trinajstić information content (AvgIpc) is 3.56. The number of aliphatic imine (C=N–C) groups is 1. The molecule has 0 spiro atoms. The lowest BCUT2D eigenvalue weighted by atomic mass is 9.58. The highest BCUT2D eigenvalue weighted by atomic mass is 32.1. The Morgan fingerprint density at radius 1 is 0.723 bits per heavy atom. The number of para-hydroxylation sites is 1. The van der Waals surface area contributed by atoms with Gasteiger partial charge in [-0.15, -0.1) is 16.0 Å². The van der Waals surface area contributed by atoms with E-state index < -0.39 is 0 Å². The molecule has 0 radical (unpaired) electrons. The number of benzene rings is 5. The number of thiophene rings is 1. The predicted octanol–water partition coefficient (Wildman–Crippen LogP) is 10.6. The molecule has 0 N–H and O–H groups in total. The molecule has 0 fully saturated rings. The molecule has 3 nitrogen and oxygen atoms in total. The summed E-state index contributed by atoms with van der Waals surface area (Å²) in [5.41, 5.74) is 7.67. The van der Waals surface area contributed by atoms with Crippen molar-refractivity contribution < 1.29 is 4.68 Å². The second-order valence-electron chi connectivity index (χ2n) is 13.9. The Hall–Kier alpha value is -5.06. The minimum Gasteiger partial charge on any atom is -0.197 e. The SMILES string of the molecule is CC1C2C=CC=CC1C(C)(C)c1ccc3c4ccccc4n([N+]4=C(c5cccc6c5sc5ccccc56)N=C4c4ccccc4)c3c12. The molecule has 2 aromatic heterocycles. The molecule has 226 valence electrons. The van der Waals surface area contributed by atoms with E-state index in [1.807, 2.05) is 11.3 Å². The van der Waals surface area contributed by atoms with Crippen LogP contribution in [0.25, 0.3) is 42.0 Å². The quantitative estimate of drug-likeness (QED) is 0.174. The van der Waals surface area contributed by atoms with E-state index in [1.165, 1.54) is 58.7 Å². The highest BCUT2D eigenvalue weighted by molar-refractivity contribution is 7.26. The molecular formula is C43H34N3S+. The standard InChI is InChI=1S/C43H34N3S/c1-26-28-16-7-10-21-34(26)43(2,3)35-25-24-31-29-17-8-11-22-36(29)45(39(31)38(28)35)46-41(27-14-5-4-6-15-27)44-42(46)33-20-13-19-32-30-18-9-12-23-37(30)47-40(32)33/h4-26,28,34H,1-3H3/q+1. The maximum Gasteiger partial charge on any atom is 0.298 e. The topological polar surface area (TPSA) is 20.3 Å². The smallest absolute Gasteiger partial charge is 0.197 e. The molecule has 3 heterocycles. The molecule has 5 aromatic carbocycles. The van der Waals surface area contributed by atoms with E-state index in [-0.39, 0.29) is 5.41 Å². The minimum atomic E-state index is -0.0102. The molecule has 0 saturated heterocycles. The predicted molar refractivity (Wildman–Crippen MR) is 198 cm³/mol. The van der Waals surface area contributed by atoms with Gasteiger partial charge in [-0.05, 0) is 58.7 Å². The van der Waals surface area contributed by atoms with Crippen molar-refractivity contribution in [3.8, 4) is 0 Å². The Bertz CT molecular complexity index is 2570. The summed E-state index contributed by atoms with van der Waals surface area (Å²) in [6.45, 7) is 7.34. The zero-order chi connectivity index (χ0) is 31.4. The number of rotatable bonds is 3. The first kappa shape index (κ1) is 27.1. The summed E-state index contributed by atoms with van der Waals surface area (Å²) in [6, 6.07) is 39.9. The largest absolute Gasteiger partial charge is 0.298 e. The van der Waals surface area contributed by atoms with Gasteiger partial charge in [-0.25, -0.2) is 0 Å². The molecule has 0 amide bonds. The van der Waals surface area contributed by atoms with Crippen LogP contribution in [0.4, 0.5) is 0 Å². The third-order valence-electron chi connectivity index (χ3n) is 11.1. The molecule has 1 aliphatic heterocycles. The molecule has 0 saturated carbocycles. The van der Waals surface area contributed by atoms with Gasteiger partial charge in [0.15, 0.2) is 0 Å². The summed E-state index contributed by atoms with van der Waals surface area (Å²) in [7, 11) is 0. The summed E-state index contributed by atoms with van der Waals surface area (Å²) < 4.78 is 7.51. The van der Waals surface area contributed by atoms with E-state index >= 15 is 0 Å². The normalized spacial score (nSPS) is 21.3. The fourth-order valence-corrected chi connectivity index (χ4v) is 10.1. The Labute approximate surface area is 278 Å². The molecule has 3 aliphatic rings. The third kappa shape index (κ3) is 3.62. The fraction of sp³-hybridized carbons (Fsp3) is 0.163. The monoisotopic (exact) mass is 624 g/mol. The Kier molecular flexibility index (Phi) is 5.61. The summed E-state index contributed by atoms with van der Waals surface area (Å²) in [5.74, 6) is 3.19. The van der Waals surface area contributed by atoms with Crippen molar-refractivity contribution in [3.63, 3.8) is 0 Å². The lowest BCUT2D eigenvalue weighted by Gasteiger charge is -2.46. The van der Waals surface area contributed by atoms with E-state index in [4.69, 9.17) is 4.99 Å². The molecule has 3 atom stereocenters. The average molecular weight is 625 g/mol. The lowest BCUT2D eigenvalue weighted by molar-refractivity contribution is -0.475. The van der Waals surface area contributed by atoms with E-state index in [1.54, 1.807) is 0 Å². The Balaban J connectivity index is 1.35. The van der Waals surface area contributed by atoms with Crippen molar-refractivity contribution in [1.29, 1.82) is 0 Å². The summed E-state index contributed by atoms with van der Waals surface area (Å²) in [5, 5.41) is 5.16. The van der Waals surface area contributed by atoms with Gasteiger partial charge in [0, 0.05) is 36.9 Å². The van der Waals surface area contributed by atoms with Gasteiger partial charge in [-0.1, -0.05) is 129 Å². The van der Waals surface area contributed by atoms with Crippen LogP contribution < -0.4 is 0 Å². The second kappa shape index (κ2) is 9.73. The van der Waals surface area contributed by atoms with Crippen LogP contribution in [-0.4, -0.2) is 21.0 Å². The molecule has 10 rings (SSSR count). The van der Waals surface area contributed by atoms with Gasteiger partial charge in [0.1, 0.15) is 0 Å². The van der Waals surface area contributed by atoms with Gasteiger partial charge < -0.3 is 0 Å². The van der Waals surface area contributed by atoms with Crippen molar-refractivity contribution >= 4 is 65.0 Å². The Morgan fingerprint density at radius 3 is 2.34 bits per heavy atom. The van der Waals surface area contributed by atoms with Crippen LogP contribution in [0.15, 0.2) is 138 Å². The van der Waals surface area contributed by atoms with E-state index in [0.29, 0.717) is 17.8 Å². The minimum absolute atomic E-state index is 0.0102. The highest BCUT2D eigenvalue weighted by Crippen LogP contribution is 2.54. The third-order valence-corrected chi connectivity index (χ3v) is 12.3.